The van der Waals surface area contributed by atoms with Crippen molar-refractivity contribution in [1.82, 2.24) is 0 Å². The van der Waals surface area contributed by atoms with Crippen molar-refractivity contribution in [2.75, 3.05) is 6.54 Å². The lowest BCUT2D eigenvalue weighted by molar-refractivity contribution is -0.0215. The molecule has 0 amide bonds. The zero-order valence-corrected chi connectivity index (χ0v) is 16.0. The summed E-state index contributed by atoms with van der Waals surface area (Å²) >= 11 is 5.24. The van der Waals surface area contributed by atoms with Crippen LogP contribution in [0.3, 0.4) is 0 Å². The van der Waals surface area contributed by atoms with E-state index in [9.17, 15) is 5.11 Å². The van der Waals surface area contributed by atoms with Gasteiger partial charge in [0.25, 0.3) is 0 Å². The Morgan fingerprint density at radius 3 is 2.38 bits per heavy atom. The molecule has 2 nitrogen and oxygen atoms in total. The second-order valence-electron chi connectivity index (χ2n) is 7.66. The molecule has 1 atom stereocenters. The van der Waals surface area contributed by atoms with Crippen molar-refractivity contribution in [3.63, 3.8) is 0 Å². The minimum atomic E-state index is -0.432. The molecule has 1 heterocycles. The quantitative estimate of drug-likeness (QED) is 0.779. The van der Waals surface area contributed by atoms with Crippen LogP contribution in [0.25, 0.3) is 0 Å². The van der Waals surface area contributed by atoms with E-state index in [4.69, 9.17) is 5.73 Å². The molecule has 21 heavy (non-hydrogen) atoms. The Balaban J connectivity index is 2.16. The van der Waals surface area contributed by atoms with Crippen LogP contribution in [0.5, 0.6) is 0 Å². The molecule has 3 N–H and O–H groups in total. The van der Waals surface area contributed by atoms with Crippen LogP contribution < -0.4 is 5.73 Å². The van der Waals surface area contributed by atoms with Gasteiger partial charge in [-0.05, 0) is 65.9 Å². The molecule has 120 valence electrons. The molecule has 1 saturated carbocycles. The van der Waals surface area contributed by atoms with Gasteiger partial charge in [0, 0.05) is 26.2 Å². The summed E-state index contributed by atoms with van der Waals surface area (Å²) in [6.07, 6.45) is 3.97. The lowest BCUT2D eigenvalue weighted by atomic mass is 9.62. The van der Waals surface area contributed by atoms with E-state index in [1.807, 2.05) is 0 Å². The number of aliphatic hydroxyl groups excluding tert-OH is 1. The fourth-order valence-corrected chi connectivity index (χ4v) is 5.26. The zero-order valence-electron chi connectivity index (χ0n) is 13.6. The van der Waals surface area contributed by atoms with Crippen LogP contribution >= 0.6 is 27.3 Å². The lowest BCUT2D eigenvalue weighted by Gasteiger charge is -2.45. The molecule has 0 radical (unpaired) electrons. The fraction of sp³-hybridized carbons (Fsp3) is 0.765. The number of aryl methyl sites for hydroxylation is 1. The van der Waals surface area contributed by atoms with Gasteiger partial charge in [0.2, 0.25) is 0 Å². The number of halogens is 1. The molecule has 0 spiro atoms. The first-order chi connectivity index (χ1) is 9.69. The predicted molar refractivity (Wildman–Crippen MR) is 94.6 cm³/mol. The number of nitrogens with two attached hydrogens (primary N) is 1. The highest BCUT2D eigenvalue weighted by Gasteiger charge is 2.43. The number of hydrogen-bond donors (Lipinski definition) is 2. The van der Waals surface area contributed by atoms with Crippen molar-refractivity contribution < 1.29 is 5.11 Å². The summed E-state index contributed by atoms with van der Waals surface area (Å²) < 4.78 is 1.09. The van der Waals surface area contributed by atoms with Gasteiger partial charge in [-0.1, -0.05) is 20.8 Å². The van der Waals surface area contributed by atoms with Crippen molar-refractivity contribution >= 4 is 27.3 Å². The molecule has 0 saturated heterocycles. The number of rotatable bonds is 3. The van der Waals surface area contributed by atoms with Crippen LogP contribution in [0, 0.1) is 23.7 Å². The number of aliphatic hydroxyl groups is 1. The normalized spacial score (nSPS) is 28.6. The van der Waals surface area contributed by atoms with Crippen LogP contribution in [0.1, 0.15) is 62.3 Å². The Labute approximate surface area is 141 Å². The van der Waals surface area contributed by atoms with Crippen molar-refractivity contribution in [1.29, 1.82) is 0 Å². The van der Waals surface area contributed by atoms with Crippen molar-refractivity contribution in [3.8, 4) is 0 Å². The molecule has 0 aromatic carbocycles. The van der Waals surface area contributed by atoms with Gasteiger partial charge in [0.1, 0.15) is 0 Å². The summed E-state index contributed by atoms with van der Waals surface area (Å²) in [7, 11) is 0. The van der Waals surface area contributed by atoms with E-state index < -0.39 is 6.10 Å². The predicted octanol–water partition coefficient (Wildman–Crippen LogP) is 5.03. The van der Waals surface area contributed by atoms with Gasteiger partial charge in [0.15, 0.2) is 0 Å². The monoisotopic (exact) mass is 373 g/mol. The van der Waals surface area contributed by atoms with Crippen molar-refractivity contribution in [2.45, 2.75) is 59.5 Å². The van der Waals surface area contributed by atoms with E-state index in [-0.39, 0.29) is 5.41 Å². The Morgan fingerprint density at radius 2 is 2.00 bits per heavy atom. The minimum Gasteiger partial charge on any atom is -0.387 e. The van der Waals surface area contributed by atoms with Gasteiger partial charge in [-0.25, -0.2) is 0 Å². The Bertz CT molecular complexity index is 464. The maximum atomic E-state index is 10.9. The Morgan fingerprint density at radius 1 is 1.43 bits per heavy atom. The Hall–Kier alpha value is 0.100. The van der Waals surface area contributed by atoms with E-state index >= 15 is 0 Å². The van der Waals surface area contributed by atoms with Gasteiger partial charge in [-0.15, -0.1) is 11.3 Å². The highest BCUT2D eigenvalue weighted by Crippen LogP contribution is 2.51. The van der Waals surface area contributed by atoms with Crippen LogP contribution in [0.4, 0.5) is 0 Å². The lowest BCUT2D eigenvalue weighted by Crippen LogP contribution is -2.41. The maximum absolute atomic E-state index is 10.9. The first kappa shape index (κ1) is 17.5. The average Bonchev–Trinajstić information content (AvgIpc) is 2.77. The summed E-state index contributed by atoms with van der Waals surface area (Å²) in [6, 6.07) is 2.07. The standard InChI is InChI=1S/C17H28BrNOS/c1-11-13(18)9-14(21-11)15(20)17(10-19)7-5-12(6-8-17)16(2,3)4/h9,12,15,20H,5-8,10,19H2,1-4H3. The molecule has 4 heteroatoms. The van der Waals surface area contributed by atoms with Crippen LogP contribution in [-0.2, 0) is 0 Å². The van der Waals surface area contributed by atoms with Crippen molar-refractivity contribution in [3.05, 3.63) is 20.3 Å². The van der Waals surface area contributed by atoms with E-state index in [0.29, 0.717) is 12.0 Å². The molecular weight excluding hydrogens is 346 g/mol. The number of thiophene rings is 1. The Kier molecular flexibility index (Phi) is 5.24. The van der Waals surface area contributed by atoms with Crippen LogP contribution in [0.15, 0.2) is 10.5 Å². The first-order valence-corrected chi connectivity index (χ1v) is 9.44. The first-order valence-electron chi connectivity index (χ1n) is 7.83. The van der Waals surface area contributed by atoms with Crippen molar-refractivity contribution in [2.24, 2.45) is 22.5 Å². The third-order valence-corrected chi connectivity index (χ3v) is 7.53. The third kappa shape index (κ3) is 3.54. The van der Waals surface area contributed by atoms with Gasteiger partial charge in [-0.3, -0.25) is 0 Å². The molecule has 1 aromatic rings. The van der Waals surface area contributed by atoms with E-state index in [1.54, 1.807) is 11.3 Å². The molecule has 1 aliphatic carbocycles. The highest BCUT2D eigenvalue weighted by atomic mass is 79.9. The third-order valence-electron chi connectivity index (χ3n) is 5.34. The van der Waals surface area contributed by atoms with Gasteiger partial charge in [-0.2, -0.15) is 0 Å². The summed E-state index contributed by atoms with van der Waals surface area (Å²) in [5.74, 6) is 0.737. The molecule has 1 aliphatic rings. The van der Waals surface area contributed by atoms with Gasteiger partial charge >= 0.3 is 0 Å². The van der Waals surface area contributed by atoms with E-state index in [2.05, 4.69) is 49.7 Å². The minimum absolute atomic E-state index is 0.140. The SMILES string of the molecule is Cc1sc(C(O)C2(CN)CCC(C(C)(C)C)CC2)cc1Br. The molecule has 2 rings (SSSR count). The summed E-state index contributed by atoms with van der Waals surface area (Å²) in [5, 5.41) is 10.9. The second kappa shape index (κ2) is 6.31. The van der Waals surface area contributed by atoms with Gasteiger partial charge in [0.05, 0.1) is 6.10 Å². The topological polar surface area (TPSA) is 46.2 Å². The zero-order chi connectivity index (χ0) is 15.8. The highest BCUT2D eigenvalue weighted by molar-refractivity contribution is 9.10. The summed E-state index contributed by atoms with van der Waals surface area (Å²) in [6.45, 7) is 9.62. The molecule has 0 bridgehead atoms. The maximum Gasteiger partial charge on any atom is 0.0950 e. The second-order valence-corrected chi connectivity index (χ2v) is 9.80. The molecule has 1 fully saturated rings. The van der Waals surface area contributed by atoms with Gasteiger partial charge < -0.3 is 10.8 Å². The summed E-state index contributed by atoms with van der Waals surface area (Å²) in [5.41, 5.74) is 6.32. The molecule has 1 aromatic heterocycles. The summed E-state index contributed by atoms with van der Waals surface area (Å²) in [4.78, 5) is 2.28. The van der Waals surface area contributed by atoms with E-state index in [1.165, 1.54) is 17.7 Å². The van der Waals surface area contributed by atoms with Crippen LogP contribution in [-0.4, -0.2) is 11.7 Å². The van der Waals surface area contributed by atoms with Crippen LogP contribution in [0.2, 0.25) is 0 Å². The largest absolute Gasteiger partial charge is 0.387 e. The molecule has 1 unspecified atom stereocenters. The number of hydrogen-bond acceptors (Lipinski definition) is 3. The average molecular weight is 374 g/mol. The fourth-order valence-electron chi connectivity index (χ4n) is 3.57. The molecule has 0 aliphatic heterocycles. The molecular formula is C17H28BrNOS. The smallest absolute Gasteiger partial charge is 0.0950 e. The van der Waals surface area contributed by atoms with E-state index in [0.717, 1.165) is 28.1 Å².